The maximum absolute atomic E-state index is 2.44. The molecule has 0 amide bonds. The van der Waals surface area contributed by atoms with Crippen LogP contribution in [0.4, 0.5) is 0 Å². The quantitative estimate of drug-likeness (QED) is 0.653. The summed E-state index contributed by atoms with van der Waals surface area (Å²) in [5, 5.41) is 0. The minimum absolute atomic E-state index is 0.186. The van der Waals surface area contributed by atoms with Crippen LogP contribution >= 0.6 is 0 Å². The average Bonchev–Trinajstić information content (AvgIpc) is 2.32. The van der Waals surface area contributed by atoms with Crippen molar-refractivity contribution in [3.05, 3.63) is 48.6 Å². The SMILES string of the molecule is C1=CCC([SiH2]C[SiH2]C2C=CC=CC2)C=C1. The van der Waals surface area contributed by atoms with Gasteiger partial charge in [0, 0.05) is 19.0 Å². The molecule has 0 aromatic heterocycles. The van der Waals surface area contributed by atoms with Gasteiger partial charge < -0.3 is 0 Å². The molecule has 2 aliphatic carbocycles. The van der Waals surface area contributed by atoms with Crippen molar-refractivity contribution in [1.29, 1.82) is 0 Å². The van der Waals surface area contributed by atoms with E-state index in [0.717, 1.165) is 11.1 Å². The molecule has 0 spiro atoms. The molecule has 0 heterocycles. The largest absolute Gasteiger partial charge is 0.0844 e. The molecule has 2 heteroatoms. The maximum atomic E-state index is 2.44. The van der Waals surface area contributed by atoms with E-state index in [4.69, 9.17) is 0 Å². The van der Waals surface area contributed by atoms with Crippen LogP contribution in [-0.4, -0.2) is 19.0 Å². The fourth-order valence-corrected chi connectivity index (χ4v) is 9.03. The number of hydrogen-bond acceptors (Lipinski definition) is 0. The van der Waals surface area contributed by atoms with E-state index >= 15 is 0 Å². The lowest BCUT2D eigenvalue weighted by Crippen LogP contribution is -2.09. The first-order chi connectivity index (χ1) is 7.45. The zero-order valence-electron chi connectivity index (χ0n) is 9.31. The van der Waals surface area contributed by atoms with Crippen molar-refractivity contribution in [3.8, 4) is 0 Å². The molecule has 2 atom stereocenters. The molecule has 0 aromatic carbocycles. The molecule has 0 saturated heterocycles. The average molecular weight is 232 g/mol. The summed E-state index contributed by atoms with van der Waals surface area (Å²) in [4.78, 5) is 0. The van der Waals surface area contributed by atoms with Gasteiger partial charge in [-0.2, -0.15) is 0 Å². The Bertz CT molecular complexity index is 270. The van der Waals surface area contributed by atoms with Gasteiger partial charge in [0.15, 0.2) is 0 Å². The molecular weight excluding hydrogens is 212 g/mol. The molecule has 0 fully saturated rings. The molecule has 2 rings (SSSR count). The Hall–Kier alpha value is -0.606. The van der Waals surface area contributed by atoms with Gasteiger partial charge in [0.1, 0.15) is 0 Å². The monoisotopic (exact) mass is 232 g/mol. The minimum atomic E-state index is 0.186. The summed E-state index contributed by atoms with van der Waals surface area (Å²) in [7, 11) is 0.372. The molecule has 2 aliphatic rings. The van der Waals surface area contributed by atoms with Gasteiger partial charge in [-0.1, -0.05) is 54.3 Å². The highest BCUT2D eigenvalue weighted by atomic mass is 28.3. The standard InChI is InChI=1S/C13H20Si2/c1-3-7-12(8-4-1)14-11-15-13-9-5-2-6-10-13/h1-7,9,12-13H,8,10-11,14-15H2. The Balaban J connectivity index is 1.62. The van der Waals surface area contributed by atoms with Crippen LogP contribution in [0, 0.1) is 0 Å². The fourth-order valence-electron chi connectivity index (χ4n) is 2.33. The van der Waals surface area contributed by atoms with E-state index in [1.54, 1.807) is 5.67 Å². The van der Waals surface area contributed by atoms with Gasteiger partial charge in [-0.05, 0) is 23.9 Å². The van der Waals surface area contributed by atoms with Gasteiger partial charge in [0.25, 0.3) is 0 Å². The van der Waals surface area contributed by atoms with Crippen LogP contribution in [0.25, 0.3) is 0 Å². The zero-order chi connectivity index (χ0) is 10.3. The van der Waals surface area contributed by atoms with Crippen LogP contribution in [0.2, 0.25) is 16.7 Å². The van der Waals surface area contributed by atoms with Crippen LogP contribution in [0.1, 0.15) is 12.8 Å². The highest BCUT2D eigenvalue weighted by Gasteiger charge is 2.09. The van der Waals surface area contributed by atoms with Gasteiger partial charge in [-0.15, -0.1) is 0 Å². The second-order valence-corrected chi connectivity index (χ2v) is 10.6. The molecule has 0 bridgehead atoms. The Morgan fingerprint density at radius 1 is 0.800 bits per heavy atom. The third kappa shape index (κ3) is 3.80. The molecule has 0 saturated carbocycles. The molecule has 0 aromatic rings. The molecule has 2 unspecified atom stereocenters. The van der Waals surface area contributed by atoms with E-state index in [9.17, 15) is 0 Å². The normalized spacial score (nSPS) is 30.1. The van der Waals surface area contributed by atoms with Crippen LogP contribution < -0.4 is 0 Å². The lowest BCUT2D eigenvalue weighted by molar-refractivity contribution is 1.00. The van der Waals surface area contributed by atoms with Crippen molar-refractivity contribution < 1.29 is 0 Å². The van der Waals surface area contributed by atoms with Crippen molar-refractivity contribution in [3.63, 3.8) is 0 Å². The van der Waals surface area contributed by atoms with Gasteiger partial charge in [-0.3, -0.25) is 0 Å². The molecule has 0 nitrogen and oxygen atoms in total. The van der Waals surface area contributed by atoms with Crippen molar-refractivity contribution in [1.82, 2.24) is 0 Å². The predicted molar refractivity (Wildman–Crippen MR) is 75.2 cm³/mol. The molecule has 0 radical (unpaired) electrons. The smallest absolute Gasteiger partial charge is 0.0252 e. The molecular formula is C13H20Si2. The van der Waals surface area contributed by atoms with Crippen LogP contribution in [0.3, 0.4) is 0 Å². The maximum Gasteiger partial charge on any atom is 0.0252 e. The summed E-state index contributed by atoms with van der Waals surface area (Å²) in [6.45, 7) is 0. The zero-order valence-corrected chi connectivity index (χ0v) is 12.1. The summed E-state index contributed by atoms with van der Waals surface area (Å²) in [5.41, 5.74) is 3.60. The molecule has 15 heavy (non-hydrogen) atoms. The van der Waals surface area contributed by atoms with Crippen molar-refractivity contribution in [2.75, 3.05) is 0 Å². The second-order valence-electron chi connectivity index (χ2n) is 4.55. The third-order valence-electron chi connectivity index (χ3n) is 3.29. The highest BCUT2D eigenvalue weighted by molar-refractivity contribution is 6.58. The summed E-state index contributed by atoms with van der Waals surface area (Å²) < 4.78 is 0. The van der Waals surface area contributed by atoms with E-state index in [1.165, 1.54) is 12.8 Å². The van der Waals surface area contributed by atoms with Crippen molar-refractivity contribution in [2.24, 2.45) is 0 Å². The van der Waals surface area contributed by atoms with E-state index in [1.807, 2.05) is 0 Å². The Labute approximate surface area is 97.5 Å². The van der Waals surface area contributed by atoms with Crippen LogP contribution in [0.5, 0.6) is 0 Å². The topological polar surface area (TPSA) is 0 Å². The predicted octanol–water partition coefficient (Wildman–Crippen LogP) is 2.31. The third-order valence-corrected chi connectivity index (χ3v) is 9.25. The van der Waals surface area contributed by atoms with E-state index < -0.39 is 0 Å². The summed E-state index contributed by atoms with van der Waals surface area (Å²) in [5.74, 6) is 0. The van der Waals surface area contributed by atoms with Gasteiger partial charge in [0.05, 0.1) is 0 Å². The van der Waals surface area contributed by atoms with Gasteiger partial charge >= 0.3 is 0 Å². The van der Waals surface area contributed by atoms with Crippen molar-refractivity contribution >= 4 is 19.0 Å². The molecule has 80 valence electrons. The summed E-state index contributed by atoms with van der Waals surface area (Å²) in [6, 6.07) is 0. The van der Waals surface area contributed by atoms with E-state index in [-0.39, 0.29) is 19.0 Å². The summed E-state index contributed by atoms with van der Waals surface area (Å²) in [6.07, 6.45) is 21.1. The Kier molecular flexibility index (Phi) is 4.42. The van der Waals surface area contributed by atoms with E-state index in [2.05, 4.69) is 48.6 Å². The highest BCUT2D eigenvalue weighted by Crippen LogP contribution is 2.21. The van der Waals surface area contributed by atoms with Crippen molar-refractivity contribution in [2.45, 2.75) is 29.6 Å². The minimum Gasteiger partial charge on any atom is -0.0844 e. The number of hydrogen-bond donors (Lipinski definition) is 0. The summed E-state index contributed by atoms with van der Waals surface area (Å²) >= 11 is 0. The molecule has 0 N–H and O–H groups in total. The van der Waals surface area contributed by atoms with Gasteiger partial charge in [-0.25, -0.2) is 0 Å². The fraction of sp³-hybridized carbons (Fsp3) is 0.385. The lowest BCUT2D eigenvalue weighted by atomic mass is 10.2. The second kappa shape index (κ2) is 6.08. The Morgan fingerprint density at radius 3 is 1.73 bits per heavy atom. The number of allylic oxidation sites excluding steroid dienone is 8. The van der Waals surface area contributed by atoms with Crippen LogP contribution in [0.15, 0.2) is 48.6 Å². The van der Waals surface area contributed by atoms with Crippen LogP contribution in [-0.2, 0) is 0 Å². The lowest BCUT2D eigenvalue weighted by Gasteiger charge is -2.15. The molecule has 0 aliphatic heterocycles. The van der Waals surface area contributed by atoms with Gasteiger partial charge in [0.2, 0.25) is 0 Å². The first-order valence-corrected chi connectivity index (χ1v) is 9.75. The van der Waals surface area contributed by atoms with E-state index in [0.29, 0.717) is 0 Å². The first kappa shape index (κ1) is 10.9. The first-order valence-electron chi connectivity index (χ1n) is 6.12. The number of rotatable bonds is 4. The Morgan fingerprint density at radius 2 is 1.33 bits per heavy atom.